The van der Waals surface area contributed by atoms with Crippen molar-refractivity contribution in [3.63, 3.8) is 0 Å². The lowest BCUT2D eigenvalue weighted by molar-refractivity contribution is 0.460. The predicted octanol–water partition coefficient (Wildman–Crippen LogP) is 3.53. The third-order valence-corrected chi connectivity index (χ3v) is 4.32. The van der Waals surface area contributed by atoms with E-state index in [0.717, 1.165) is 24.3 Å². The molecule has 6 heteroatoms. The van der Waals surface area contributed by atoms with Crippen molar-refractivity contribution in [2.45, 2.75) is 31.7 Å². The summed E-state index contributed by atoms with van der Waals surface area (Å²) in [5.74, 6) is 1.86. The number of para-hydroxylation sites is 2. The molecule has 0 radical (unpaired) electrons. The van der Waals surface area contributed by atoms with Gasteiger partial charge in [0.05, 0.1) is 11.4 Å². The van der Waals surface area contributed by atoms with Crippen molar-refractivity contribution in [1.82, 2.24) is 9.97 Å². The Morgan fingerprint density at radius 3 is 2.88 bits per heavy atom. The molecular weight excluding hydrogens is 302 g/mol. The van der Waals surface area contributed by atoms with Crippen LogP contribution in [-0.4, -0.2) is 16.0 Å². The van der Waals surface area contributed by atoms with Crippen molar-refractivity contribution < 1.29 is 4.74 Å². The second-order valence-electron chi connectivity index (χ2n) is 5.95. The minimum atomic E-state index is 0.364. The number of aromatic nitrogens is 2. The molecule has 0 atom stereocenters. The molecule has 2 aliphatic rings. The highest BCUT2D eigenvalue weighted by Gasteiger charge is 2.22. The summed E-state index contributed by atoms with van der Waals surface area (Å²) in [6.45, 7) is 0. The average molecular weight is 319 g/mol. The lowest BCUT2D eigenvalue weighted by Crippen LogP contribution is -2.15. The van der Waals surface area contributed by atoms with E-state index < -0.39 is 0 Å². The van der Waals surface area contributed by atoms with Crippen LogP contribution in [0.15, 0.2) is 42.5 Å². The first-order valence-electron chi connectivity index (χ1n) is 8.11. The molecule has 120 valence electrons. The van der Waals surface area contributed by atoms with E-state index >= 15 is 0 Å². The number of rotatable bonds is 3. The molecule has 24 heavy (non-hydrogen) atoms. The number of anilines is 2. The molecular formula is C18H17N5O. The number of nitrogens with zero attached hydrogens (tertiary/aromatic N) is 3. The van der Waals surface area contributed by atoms with Crippen molar-refractivity contribution in [2.24, 2.45) is 0 Å². The normalized spacial score (nSPS) is 18.3. The zero-order valence-corrected chi connectivity index (χ0v) is 13.1. The van der Waals surface area contributed by atoms with Crippen LogP contribution in [0, 0.1) is 11.3 Å². The van der Waals surface area contributed by atoms with Gasteiger partial charge in [-0.1, -0.05) is 25.0 Å². The molecule has 0 unspecified atom stereocenters. The Hall–Kier alpha value is -3.07. The average Bonchev–Trinajstić information content (AvgIpc) is 3.25. The van der Waals surface area contributed by atoms with Gasteiger partial charge in [-0.3, -0.25) is 0 Å². The zero-order valence-electron chi connectivity index (χ0n) is 13.1. The van der Waals surface area contributed by atoms with Gasteiger partial charge in [-0.05, 0) is 25.0 Å². The lowest BCUT2D eigenvalue weighted by Gasteiger charge is -2.13. The van der Waals surface area contributed by atoms with Crippen LogP contribution >= 0.6 is 0 Å². The molecule has 0 spiro atoms. The summed E-state index contributed by atoms with van der Waals surface area (Å²) in [7, 11) is 0. The van der Waals surface area contributed by atoms with Crippen molar-refractivity contribution in [3.05, 3.63) is 48.2 Å². The number of hydrogen-bond donors (Lipinski definition) is 2. The summed E-state index contributed by atoms with van der Waals surface area (Å²) in [5, 5.41) is 16.1. The fraction of sp³-hybridized carbons (Fsp3) is 0.278. The number of hydrogen-bond acceptors (Lipinski definition) is 6. The monoisotopic (exact) mass is 319 g/mol. The number of allylic oxidation sites excluding steroid dienone is 1. The number of nitriles is 1. The molecule has 1 aromatic carbocycles. The molecule has 1 aromatic heterocycles. The van der Waals surface area contributed by atoms with Crippen molar-refractivity contribution in [3.8, 4) is 11.8 Å². The Kier molecular flexibility index (Phi) is 3.75. The Morgan fingerprint density at radius 1 is 1.25 bits per heavy atom. The summed E-state index contributed by atoms with van der Waals surface area (Å²) in [4.78, 5) is 8.51. The van der Waals surface area contributed by atoms with Crippen LogP contribution in [0.25, 0.3) is 5.57 Å². The smallest absolute Gasteiger partial charge is 0.218 e. The van der Waals surface area contributed by atoms with E-state index in [4.69, 9.17) is 4.74 Å². The second-order valence-corrected chi connectivity index (χ2v) is 5.95. The van der Waals surface area contributed by atoms with Gasteiger partial charge < -0.3 is 15.4 Å². The maximum Gasteiger partial charge on any atom is 0.218 e. The van der Waals surface area contributed by atoms with Gasteiger partial charge in [0.15, 0.2) is 5.75 Å². The van der Waals surface area contributed by atoms with Gasteiger partial charge in [0.25, 0.3) is 0 Å². The zero-order chi connectivity index (χ0) is 16.4. The fourth-order valence-electron chi connectivity index (χ4n) is 3.11. The third-order valence-electron chi connectivity index (χ3n) is 4.32. The standard InChI is InChI=1S/C18H17N5O/c19-10-13(18-23-14-7-3-4-8-16(14)24-18)15-9-17(21-11-20-15)22-12-5-1-2-6-12/h3-4,7-9,11-12,23H,1-2,5-6H2,(H,20,21,22)/b18-13-. The van der Waals surface area contributed by atoms with Gasteiger partial charge in [0.1, 0.15) is 23.8 Å². The molecule has 2 aromatic rings. The number of ether oxygens (including phenoxy) is 1. The minimum absolute atomic E-state index is 0.364. The number of fused-ring (bicyclic) bond motifs is 1. The van der Waals surface area contributed by atoms with E-state index in [0.29, 0.717) is 28.9 Å². The highest BCUT2D eigenvalue weighted by Crippen LogP contribution is 2.35. The van der Waals surface area contributed by atoms with Crippen molar-refractivity contribution in [2.75, 3.05) is 10.6 Å². The molecule has 4 rings (SSSR count). The Morgan fingerprint density at radius 2 is 2.08 bits per heavy atom. The molecule has 1 saturated carbocycles. The van der Waals surface area contributed by atoms with Gasteiger partial charge in [-0.2, -0.15) is 5.26 Å². The SMILES string of the molecule is N#C/C(=C1\Nc2ccccc2O1)c1cc(NC2CCCC2)ncn1. The first-order chi connectivity index (χ1) is 11.8. The van der Waals surface area contributed by atoms with Gasteiger partial charge in [-0.25, -0.2) is 9.97 Å². The molecule has 1 aliphatic heterocycles. The van der Waals surface area contributed by atoms with E-state index in [1.54, 1.807) is 6.07 Å². The molecule has 1 aliphatic carbocycles. The predicted molar refractivity (Wildman–Crippen MR) is 91.1 cm³/mol. The van der Waals surface area contributed by atoms with Crippen LogP contribution in [0.5, 0.6) is 5.75 Å². The van der Waals surface area contributed by atoms with Crippen LogP contribution in [-0.2, 0) is 0 Å². The van der Waals surface area contributed by atoms with Crippen LogP contribution in [0.4, 0.5) is 11.5 Å². The summed E-state index contributed by atoms with van der Waals surface area (Å²) >= 11 is 0. The van der Waals surface area contributed by atoms with E-state index in [2.05, 4.69) is 26.7 Å². The van der Waals surface area contributed by atoms with E-state index in [1.165, 1.54) is 19.2 Å². The molecule has 2 N–H and O–H groups in total. The van der Waals surface area contributed by atoms with Crippen LogP contribution in [0.1, 0.15) is 31.4 Å². The van der Waals surface area contributed by atoms with Crippen molar-refractivity contribution >= 4 is 17.1 Å². The highest BCUT2D eigenvalue weighted by molar-refractivity contribution is 5.82. The summed E-state index contributed by atoms with van der Waals surface area (Å²) in [5.41, 5.74) is 1.75. The van der Waals surface area contributed by atoms with Gasteiger partial charge in [-0.15, -0.1) is 0 Å². The van der Waals surface area contributed by atoms with Crippen LogP contribution < -0.4 is 15.4 Å². The Bertz CT molecular complexity index is 806. The first kappa shape index (κ1) is 14.5. The summed E-state index contributed by atoms with van der Waals surface area (Å²) < 4.78 is 5.75. The van der Waals surface area contributed by atoms with Crippen molar-refractivity contribution in [1.29, 1.82) is 5.26 Å². The Labute approximate surface area is 140 Å². The van der Waals surface area contributed by atoms with E-state index in [1.807, 2.05) is 24.3 Å². The number of benzene rings is 1. The molecule has 2 heterocycles. The van der Waals surface area contributed by atoms with Crippen LogP contribution in [0.3, 0.4) is 0 Å². The molecule has 0 amide bonds. The molecule has 1 fully saturated rings. The number of nitrogens with one attached hydrogen (secondary N) is 2. The van der Waals surface area contributed by atoms with Gasteiger partial charge in [0, 0.05) is 12.1 Å². The van der Waals surface area contributed by atoms with Gasteiger partial charge in [0.2, 0.25) is 5.88 Å². The topological polar surface area (TPSA) is 82.9 Å². The second kappa shape index (κ2) is 6.20. The van der Waals surface area contributed by atoms with Crippen LogP contribution in [0.2, 0.25) is 0 Å². The summed E-state index contributed by atoms with van der Waals surface area (Å²) in [6.07, 6.45) is 6.29. The fourth-order valence-corrected chi connectivity index (χ4v) is 3.11. The lowest BCUT2D eigenvalue weighted by atomic mass is 10.2. The maximum absolute atomic E-state index is 9.59. The minimum Gasteiger partial charge on any atom is -0.437 e. The third kappa shape index (κ3) is 2.76. The van der Waals surface area contributed by atoms with E-state index in [-0.39, 0.29) is 0 Å². The van der Waals surface area contributed by atoms with E-state index in [9.17, 15) is 5.26 Å². The summed E-state index contributed by atoms with van der Waals surface area (Å²) in [6, 6.07) is 12.0. The largest absolute Gasteiger partial charge is 0.437 e. The van der Waals surface area contributed by atoms with Gasteiger partial charge >= 0.3 is 0 Å². The molecule has 0 bridgehead atoms. The maximum atomic E-state index is 9.59. The quantitative estimate of drug-likeness (QED) is 0.842. The highest BCUT2D eigenvalue weighted by atomic mass is 16.5. The molecule has 0 saturated heterocycles. The first-order valence-corrected chi connectivity index (χ1v) is 8.11. The Balaban J connectivity index is 1.62. The molecule has 6 nitrogen and oxygen atoms in total.